The van der Waals surface area contributed by atoms with Crippen LogP contribution < -0.4 is 5.32 Å². The fourth-order valence-corrected chi connectivity index (χ4v) is 3.50. The van der Waals surface area contributed by atoms with E-state index in [1.54, 1.807) is 24.3 Å². The van der Waals surface area contributed by atoms with Gasteiger partial charge in [-0.1, -0.05) is 12.1 Å². The molecule has 0 bridgehead atoms. The Bertz CT molecular complexity index is 695. The molecule has 2 aromatic rings. The first-order chi connectivity index (χ1) is 9.99. The second kappa shape index (κ2) is 6.88. The third-order valence-corrected chi connectivity index (χ3v) is 4.15. The molecule has 0 aliphatic heterocycles. The van der Waals surface area contributed by atoms with Gasteiger partial charge in [0.25, 0.3) is 0 Å². The van der Waals surface area contributed by atoms with Crippen LogP contribution in [0.3, 0.4) is 0 Å². The molecular formula is C16H12Br2N2O. The maximum atomic E-state index is 12.1. The summed E-state index contributed by atoms with van der Waals surface area (Å²) in [6.07, 6.45) is 0.262. The van der Waals surface area contributed by atoms with Crippen molar-refractivity contribution in [1.29, 1.82) is 5.26 Å². The summed E-state index contributed by atoms with van der Waals surface area (Å²) in [5.41, 5.74) is 3.27. The molecule has 2 rings (SSSR count). The number of carbonyl (C=O) groups excluding carboxylic acids is 1. The summed E-state index contributed by atoms with van der Waals surface area (Å²) in [7, 11) is 0. The first-order valence-corrected chi connectivity index (χ1v) is 7.82. The Morgan fingerprint density at radius 2 is 1.76 bits per heavy atom. The summed E-state index contributed by atoms with van der Waals surface area (Å²) in [5.74, 6) is -0.107. The zero-order valence-electron chi connectivity index (χ0n) is 11.3. The number of halogens is 2. The van der Waals surface area contributed by atoms with Crippen LogP contribution in [-0.4, -0.2) is 5.91 Å². The van der Waals surface area contributed by atoms with Crippen molar-refractivity contribution in [3.05, 3.63) is 62.0 Å². The Morgan fingerprint density at radius 1 is 1.19 bits per heavy atom. The first-order valence-electron chi connectivity index (χ1n) is 6.24. The topological polar surface area (TPSA) is 52.9 Å². The van der Waals surface area contributed by atoms with E-state index in [-0.39, 0.29) is 12.3 Å². The Labute approximate surface area is 140 Å². The van der Waals surface area contributed by atoms with Gasteiger partial charge in [0.15, 0.2) is 0 Å². The molecule has 0 atom stereocenters. The minimum atomic E-state index is -0.107. The first kappa shape index (κ1) is 15.7. The van der Waals surface area contributed by atoms with Gasteiger partial charge < -0.3 is 5.32 Å². The number of rotatable bonds is 3. The van der Waals surface area contributed by atoms with Crippen LogP contribution >= 0.6 is 31.9 Å². The highest BCUT2D eigenvalue weighted by atomic mass is 79.9. The molecule has 0 radical (unpaired) electrons. The lowest BCUT2D eigenvalue weighted by Gasteiger charge is -2.11. The minimum Gasteiger partial charge on any atom is -0.324 e. The van der Waals surface area contributed by atoms with Crippen LogP contribution in [0.15, 0.2) is 45.3 Å². The molecule has 106 valence electrons. The molecule has 2 aromatic carbocycles. The smallest absolute Gasteiger partial charge is 0.228 e. The van der Waals surface area contributed by atoms with Crippen molar-refractivity contribution in [2.24, 2.45) is 0 Å². The maximum Gasteiger partial charge on any atom is 0.228 e. The van der Waals surface area contributed by atoms with E-state index < -0.39 is 0 Å². The molecule has 0 aliphatic rings. The van der Waals surface area contributed by atoms with Gasteiger partial charge in [0, 0.05) is 8.95 Å². The summed E-state index contributed by atoms with van der Waals surface area (Å²) in [5, 5.41) is 11.6. The van der Waals surface area contributed by atoms with Gasteiger partial charge in [0.2, 0.25) is 5.91 Å². The van der Waals surface area contributed by atoms with E-state index in [9.17, 15) is 4.79 Å². The van der Waals surface area contributed by atoms with Crippen LogP contribution in [0.5, 0.6) is 0 Å². The number of nitrogens with zero attached hydrogens (tertiary/aromatic N) is 1. The van der Waals surface area contributed by atoms with E-state index in [0.29, 0.717) is 5.56 Å². The highest BCUT2D eigenvalue weighted by Crippen LogP contribution is 2.32. The molecule has 0 saturated carbocycles. The number of nitrogens with one attached hydrogen (secondary N) is 1. The number of hydrogen-bond acceptors (Lipinski definition) is 2. The van der Waals surface area contributed by atoms with E-state index >= 15 is 0 Å². The molecule has 0 saturated heterocycles. The molecule has 0 fully saturated rings. The second-order valence-electron chi connectivity index (χ2n) is 4.64. The van der Waals surface area contributed by atoms with Crippen molar-refractivity contribution >= 4 is 43.5 Å². The molecule has 5 heteroatoms. The standard InChI is InChI=1S/C16H12Br2N2O/c1-10-6-13(17)16(14(18)7-10)20-15(21)8-11-2-4-12(9-19)5-3-11/h2-7H,8H2,1H3,(H,20,21). The minimum absolute atomic E-state index is 0.107. The molecule has 0 spiro atoms. The molecule has 0 unspecified atom stereocenters. The predicted molar refractivity (Wildman–Crippen MR) is 90.1 cm³/mol. The number of benzene rings is 2. The van der Waals surface area contributed by atoms with Gasteiger partial charge in [-0.05, 0) is 74.2 Å². The van der Waals surface area contributed by atoms with E-state index in [1.807, 2.05) is 19.1 Å². The van der Waals surface area contributed by atoms with Crippen molar-refractivity contribution in [2.45, 2.75) is 13.3 Å². The van der Waals surface area contributed by atoms with Crippen LogP contribution in [0, 0.1) is 18.3 Å². The molecule has 1 N–H and O–H groups in total. The van der Waals surface area contributed by atoms with Gasteiger partial charge in [-0.25, -0.2) is 0 Å². The SMILES string of the molecule is Cc1cc(Br)c(NC(=O)Cc2ccc(C#N)cc2)c(Br)c1. The quantitative estimate of drug-likeness (QED) is 0.809. The fraction of sp³-hybridized carbons (Fsp3) is 0.125. The van der Waals surface area contributed by atoms with Gasteiger partial charge in [0.05, 0.1) is 23.7 Å². The maximum absolute atomic E-state index is 12.1. The zero-order valence-corrected chi connectivity index (χ0v) is 14.5. The van der Waals surface area contributed by atoms with Crippen molar-refractivity contribution < 1.29 is 4.79 Å². The molecule has 1 amide bonds. The third-order valence-electron chi connectivity index (χ3n) is 2.90. The Morgan fingerprint density at radius 3 is 2.29 bits per heavy atom. The largest absolute Gasteiger partial charge is 0.324 e. The Balaban J connectivity index is 2.10. The summed E-state index contributed by atoms with van der Waals surface area (Å²) in [4.78, 5) is 12.1. The lowest BCUT2D eigenvalue weighted by Crippen LogP contribution is -2.15. The normalized spacial score (nSPS) is 10.0. The third kappa shape index (κ3) is 4.16. The number of hydrogen-bond donors (Lipinski definition) is 1. The Hall–Kier alpha value is -1.64. The molecule has 0 heterocycles. The number of amides is 1. The highest BCUT2D eigenvalue weighted by molar-refractivity contribution is 9.11. The number of nitriles is 1. The fourth-order valence-electron chi connectivity index (χ4n) is 1.89. The molecular weight excluding hydrogens is 396 g/mol. The number of aryl methyl sites for hydroxylation is 1. The molecule has 0 aromatic heterocycles. The lowest BCUT2D eigenvalue weighted by atomic mass is 10.1. The van der Waals surface area contributed by atoms with Gasteiger partial charge in [-0.2, -0.15) is 5.26 Å². The summed E-state index contributed by atoms with van der Waals surface area (Å²) in [6, 6.07) is 12.9. The average Bonchev–Trinajstić information content (AvgIpc) is 2.43. The van der Waals surface area contributed by atoms with Crippen molar-refractivity contribution in [3.63, 3.8) is 0 Å². The summed E-state index contributed by atoms with van der Waals surface area (Å²) >= 11 is 6.90. The van der Waals surface area contributed by atoms with Crippen LogP contribution in [0.2, 0.25) is 0 Å². The van der Waals surface area contributed by atoms with Crippen LogP contribution in [0.4, 0.5) is 5.69 Å². The average molecular weight is 408 g/mol. The van der Waals surface area contributed by atoms with E-state index in [4.69, 9.17) is 5.26 Å². The summed E-state index contributed by atoms with van der Waals surface area (Å²) < 4.78 is 1.67. The van der Waals surface area contributed by atoms with E-state index in [0.717, 1.165) is 25.8 Å². The van der Waals surface area contributed by atoms with Gasteiger partial charge in [-0.15, -0.1) is 0 Å². The van der Waals surface area contributed by atoms with Crippen LogP contribution in [0.1, 0.15) is 16.7 Å². The number of carbonyl (C=O) groups is 1. The van der Waals surface area contributed by atoms with Crippen LogP contribution in [-0.2, 0) is 11.2 Å². The van der Waals surface area contributed by atoms with Crippen molar-refractivity contribution in [1.82, 2.24) is 0 Å². The number of anilines is 1. The van der Waals surface area contributed by atoms with Gasteiger partial charge in [-0.3, -0.25) is 4.79 Å². The molecule has 0 aliphatic carbocycles. The van der Waals surface area contributed by atoms with Crippen molar-refractivity contribution in [2.75, 3.05) is 5.32 Å². The second-order valence-corrected chi connectivity index (χ2v) is 6.35. The van der Waals surface area contributed by atoms with Crippen LogP contribution in [0.25, 0.3) is 0 Å². The molecule has 3 nitrogen and oxygen atoms in total. The van der Waals surface area contributed by atoms with E-state index in [2.05, 4.69) is 43.2 Å². The van der Waals surface area contributed by atoms with E-state index in [1.165, 1.54) is 0 Å². The van der Waals surface area contributed by atoms with Gasteiger partial charge in [0.1, 0.15) is 0 Å². The van der Waals surface area contributed by atoms with Crippen molar-refractivity contribution in [3.8, 4) is 6.07 Å². The van der Waals surface area contributed by atoms with Gasteiger partial charge >= 0.3 is 0 Å². The monoisotopic (exact) mass is 406 g/mol. The molecule has 21 heavy (non-hydrogen) atoms. The highest BCUT2D eigenvalue weighted by Gasteiger charge is 2.10. The lowest BCUT2D eigenvalue weighted by molar-refractivity contribution is -0.115. The zero-order chi connectivity index (χ0) is 15.4. The Kier molecular flexibility index (Phi) is 5.16. The summed E-state index contributed by atoms with van der Waals surface area (Å²) in [6.45, 7) is 1.98. The predicted octanol–water partition coefficient (Wildman–Crippen LogP) is 4.57.